The van der Waals surface area contributed by atoms with Crippen molar-refractivity contribution < 1.29 is 4.39 Å². The summed E-state index contributed by atoms with van der Waals surface area (Å²) in [6.07, 6.45) is 1.78. The van der Waals surface area contributed by atoms with Gasteiger partial charge in [0.15, 0.2) is 5.96 Å². The lowest BCUT2D eigenvalue weighted by molar-refractivity contribution is 0.331. The van der Waals surface area contributed by atoms with Crippen molar-refractivity contribution in [3.05, 3.63) is 65.7 Å². The molecule has 0 fully saturated rings. The summed E-state index contributed by atoms with van der Waals surface area (Å²) in [7, 11) is 3.78. The van der Waals surface area contributed by atoms with Gasteiger partial charge in [0.25, 0.3) is 0 Å². The molecule has 0 atom stereocenters. The van der Waals surface area contributed by atoms with Crippen molar-refractivity contribution in [2.45, 2.75) is 13.1 Å². The highest BCUT2D eigenvalue weighted by Gasteiger charge is 2.02. The van der Waals surface area contributed by atoms with Crippen LogP contribution in [0.25, 0.3) is 0 Å². The van der Waals surface area contributed by atoms with Gasteiger partial charge in [-0.15, -0.1) is 24.0 Å². The third kappa shape index (κ3) is 8.26. The Morgan fingerprint density at radius 2 is 1.92 bits per heavy atom. The molecule has 0 spiro atoms. The number of halogens is 2. The van der Waals surface area contributed by atoms with E-state index in [4.69, 9.17) is 0 Å². The number of benzene rings is 1. The van der Waals surface area contributed by atoms with E-state index in [9.17, 15) is 4.39 Å². The lowest BCUT2D eigenvalue weighted by Gasteiger charge is -2.18. The molecule has 5 nitrogen and oxygen atoms in total. The molecule has 0 aliphatic carbocycles. The molecule has 1 aromatic heterocycles. The predicted octanol–water partition coefficient (Wildman–Crippen LogP) is 2.64. The summed E-state index contributed by atoms with van der Waals surface area (Å²) >= 11 is 0. The highest BCUT2D eigenvalue weighted by atomic mass is 127. The van der Waals surface area contributed by atoms with E-state index >= 15 is 0 Å². The molecular weight excluding hydrogens is 432 g/mol. The Kier molecular flexibility index (Phi) is 10.0. The molecule has 1 heterocycles. The molecule has 0 radical (unpaired) electrons. The normalized spacial score (nSPS) is 11.1. The van der Waals surface area contributed by atoms with Gasteiger partial charge in [0.2, 0.25) is 0 Å². The molecule has 25 heavy (non-hydrogen) atoms. The number of nitrogens with one attached hydrogen (secondary N) is 2. The molecule has 7 heteroatoms. The molecule has 0 aliphatic heterocycles. The highest BCUT2D eigenvalue weighted by Crippen LogP contribution is 2.04. The molecule has 0 saturated carbocycles. The van der Waals surface area contributed by atoms with Crippen LogP contribution in [-0.4, -0.2) is 43.0 Å². The van der Waals surface area contributed by atoms with Crippen molar-refractivity contribution in [3.8, 4) is 0 Å². The zero-order chi connectivity index (χ0) is 17.2. The molecule has 2 rings (SSSR count). The number of hydrogen-bond acceptors (Lipinski definition) is 3. The van der Waals surface area contributed by atoms with Gasteiger partial charge >= 0.3 is 0 Å². The summed E-state index contributed by atoms with van der Waals surface area (Å²) in [5, 5.41) is 6.51. The fourth-order valence-corrected chi connectivity index (χ4v) is 2.24. The standard InChI is InChI=1S/C18H24FN5.HI/c1-20-18(23-13-17-5-3-4-10-21-17)22-11-12-24(2)14-15-6-8-16(19)9-7-15;/h3-10H,11-14H2,1-2H3,(H2,20,22,23);1H. The second-order valence-electron chi connectivity index (χ2n) is 5.54. The minimum atomic E-state index is -0.203. The summed E-state index contributed by atoms with van der Waals surface area (Å²) in [6.45, 7) is 3.02. The zero-order valence-electron chi connectivity index (χ0n) is 14.6. The van der Waals surface area contributed by atoms with Gasteiger partial charge in [-0.2, -0.15) is 0 Å². The average molecular weight is 457 g/mol. The van der Waals surface area contributed by atoms with E-state index in [1.54, 1.807) is 13.2 Å². The highest BCUT2D eigenvalue weighted by molar-refractivity contribution is 14.0. The van der Waals surface area contributed by atoms with Crippen LogP contribution in [0, 0.1) is 5.82 Å². The maximum atomic E-state index is 12.9. The number of hydrogen-bond donors (Lipinski definition) is 2. The Morgan fingerprint density at radius 3 is 2.56 bits per heavy atom. The van der Waals surface area contributed by atoms with Crippen LogP contribution in [0.2, 0.25) is 0 Å². The lowest BCUT2D eigenvalue weighted by atomic mass is 10.2. The van der Waals surface area contributed by atoms with Gasteiger partial charge in [-0.25, -0.2) is 4.39 Å². The smallest absolute Gasteiger partial charge is 0.191 e. The van der Waals surface area contributed by atoms with E-state index in [2.05, 4.69) is 25.5 Å². The van der Waals surface area contributed by atoms with E-state index in [1.165, 1.54) is 12.1 Å². The van der Waals surface area contributed by atoms with Crippen molar-refractivity contribution in [3.63, 3.8) is 0 Å². The van der Waals surface area contributed by atoms with E-state index in [-0.39, 0.29) is 29.8 Å². The fourth-order valence-electron chi connectivity index (χ4n) is 2.24. The molecule has 2 N–H and O–H groups in total. The average Bonchev–Trinajstić information content (AvgIpc) is 2.61. The maximum Gasteiger partial charge on any atom is 0.191 e. The Morgan fingerprint density at radius 1 is 1.16 bits per heavy atom. The molecule has 0 aliphatic rings. The molecule has 0 unspecified atom stereocenters. The quantitative estimate of drug-likeness (QED) is 0.382. The van der Waals surface area contributed by atoms with Crippen molar-refractivity contribution in [2.24, 2.45) is 4.99 Å². The first-order valence-electron chi connectivity index (χ1n) is 7.95. The first kappa shape index (κ1) is 21.3. The number of nitrogens with zero attached hydrogens (tertiary/aromatic N) is 3. The van der Waals surface area contributed by atoms with E-state index in [1.807, 2.05) is 37.4 Å². The fraction of sp³-hybridized carbons (Fsp3) is 0.333. The van der Waals surface area contributed by atoms with E-state index in [0.29, 0.717) is 6.54 Å². The Labute approximate surface area is 165 Å². The Hall–Kier alpha value is -1.74. The van der Waals surface area contributed by atoms with Crippen molar-refractivity contribution >= 4 is 29.9 Å². The van der Waals surface area contributed by atoms with Gasteiger partial charge in [0.05, 0.1) is 12.2 Å². The summed E-state index contributed by atoms with van der Waals surface area (Å²) < 4.78 is 12.9. The van der Waals surface area contributed by atoms with Crippen LogP contribution in [-0.2, 0) is 13.1 Å². The minimum absolute atomic E-state index is 0. The Balaban J connectivity index is 0.00000312. The summed E-state index contributed by atoms with van der Waals surface area (Å²) in [5.41, 5.74) is 2.06. The van der Waals surface area contributed by atoms with Crippen molar-refractivity contribution in [2.75, 3.05) is 27.2 Å². The van der Waals surface area contributed by atoms with Crippen molar-refractivity contribution in [1.82, 2.24) is 20.5 Å². The summed E-state index contributed by atoms with van der Waals surface area (Å²) in [6, 6.07) is 12.4. The lowest BCUT2D eigenvalue weighted by Crippen LogP contribution is -2.40. The van der Waals surface area contributed by atoms with Gasteiger partial charge in [-0.05, 0) is 36.9 Å². The number of rotatable bonds is 7. The molecule has 136 valence electrons. The van der Waals surface area contributed by atoms with E-state index in [0.717, 1.165) is 36.9 Å². The van der Waals surface area contributed by atoms with Gasteiger partial charge in [-0.1, -0.05) is 18.2 Å². The van der Waals surface area contributed by atoms with Gasteiger partial charge in [0.1, 0.15) is 5.82 Å². The SMILES string of the molecule is CN=C(NCCN(C)Cc1ccc(F)cc1)NCc1ccccn1.I. The second kappa shape index (κ2) is 11.8. The number of aliphatic imine (C=N–C) groups is 1. The van der Waals surface area contributed by atoms with Gasteiger partial charge in [0, 0.05) is 32.9 Å². The predicted molar refractivity (Wildman–Crippen MR) is 111 cm³/mol. The molecule has 0 bridgehead atoms. The molecule has 0 amide bonds. The van der Waals surface area contributed by atoms with Crippen LogP contribution < -0.4 is 10.6 Å². The maximum absolute atomic E-state index is 12.9. The number of pyridine rings is 1. The second-order valence-corrected chi connectivity index (χ2v) is 5.54. The number of likely N-dealkylation sites (N-methyl/N-ethyl adjacent to an activating group) is 1. The summed E-state index contributed by atoms with van der Waals surface area (Å²) in [5.74, 6) is 0.543. The van der Waals surface area contributed by atoms with Crippen LogP contribution in [0.3, 0.4) is 0 Å². The first-order valence-corrected chi connectivity index (χ1v) is 7.95. The van der Waals surface area contributed by atoms with E-state index < -0.39 is 0 Å². The van der Waals surface area contributed by atoms with Gasteiger partial charge < -0.3 is 15.5 Å². The number of guanidine groups is 1. The molecule has 2 aromatic rings. The topological polar surface area (TPSA) is 52.6 Å². The largest absolute Gasteiger partial charge is 0.355 e. The third-order valence-corrected chi connectivity index (χ3v) is 3.54. The Bertz CT molecular complexity index is 634. The van der Waals surface area contributed by atoms with Gasteiger partial charge in [-0.3, -0.25) is 9.98 Å². The zero-order valence-corrected chi connectivity index (χ0v) is 16.9. The molecule has 1 aromatic carbocycles. The van der Waals surface area contributed by atoms with Crippen LogP contribution in [0.1, 0.15) is 11.3 Å². The van der Waals surface area contributed by atoms with Crippen LogP contribution in [0.5, 0.6) is 0 Å². The number of aromatic nitrogens is 1. The summed E-state index contributed by atoms with van der Waals surface area (Å²) in [4.78, 5) is 10.6. The third-order valence-electron chi connectivity index (χ3n) is 3.54. The minimum Gasteiger partial charge on any atom is -0.355 e. The molecule has 0 saturated heterocycles. The first-order chi connectivity index (χ1) is 11.7. The molecular formula is C18H25FIN5. The van der Waals surface area contributed by atoms with Crippen molar-refractivity contribution in [1.29, 1.82) is 0 Å². The van der Waals surface area contributed by atoms with Crippen LogP contribution >= 0.6 is 24.0 Å². The van der Waals surface area contributed by atoms with Crippen LogP contribution in [0.4, 0.5) is 4.39 Å². The van der Waals surface area contributed by atoms with Crippen LogP contribution in [0.15, 0.2) is 53.7 Å². The monoisotopic (exact) mass is 457 g/mol.